The van der Waals surface area contributed by atoms with Gasteiger partial charge in [-0.3, -0.25) is 0 Å². The first-order valence-corrected chi connectivity index (χ1v) is 27.4. The summed E-state index contributed by atoms with van der Waals surface area (Å²) in [7, 11) is -2.24. The lowest BCUT2D eigenvalue weighted by molar-refractivity contribution is 0.194. The molecule has 0 bridgehead atoms. The minimum absolute atomic E-state index is 0.0246. The van der Waals surface area contributed by atoms with Gasteiger partial charge in [-0.1, -0.05) is 215 Å². The van der Waals surface area contributed by atoms with Crippen LogP contribution in [0.5, 0.6) is 5.75 Å². The van der Waals surface area contributed by atoms with Crippen molar-refractivity contribution in [3.05, 3.63) is 98.1 Å². The summed E-state index contributed by atoms with van der Waals surface area (Å²) in [6, 6.07) is 14.2. The molecular formula is C61H96O6P2. The molecule has 0 spiro atoms. The van der Waals surface area contributed by atoms with Crippen LogP contribution in [0.1, 0.15) is 231 Å². The molecular weight excluding hydrogens is 891 g/mol. The molecule has 2 unspecified atom stereocenters. The number of allylic oxidation sites excluding steroid dienone is 3. The molecule has 0 radical (unpaired) electrons. The van der Waals surface area contributed by atoms with E-state index in [0.29, 0.717) is 13.0 Å². The van der Waals surface area contributed by atoms with Crippen molar-refractivity contribution in [2.45, 2.75) is 225 Å². The van der Waals surface area contributed by atoms with E-state index >= 15 is 0 Å². The molecule has 0 aliphatic carbocycles. The van der Waals surface area contributed by atoms with E-state index in [1.54, 1.807) is 0 Å². The number of benzene rings is 3. The van der Waals surface area contributed by atoms with Gasteiger partial charge in [-0.2, -0.15) is 0 Å². The Labute approximate surface area is 423 Å². The first kappa shape index (κ1) is 58.7. The summed E-state index contributed by atoms with van der Waals surface area (Å²) >= 11 is 0. The van der Waals surface area contributed by atoms with Gasteiger partial charge in [-0.05, 0) is 91.1 Å². The van der Waals surface area contributed by atoms with Gasteiger partial charge in [0.15, 0.2) is 9.03 Å². The summed E-state index contributed by atoms with van der Waals surface area (Å²) < 4.78 is 34.4. The Kier molecular flexibility index (Phi) is 17.8. The highest BCUT2D eigenvalue weighted by Gasteiger charge is 2.34. The number of rotatable bonds is 12. The highest BCUT2D eigenvalue weighted by atomic mass is 31.1. The second-order valence-corrected chi connectivity index (χ2v) is 29.7. The number of hydrogen-bond acceptors (Lipinski definition) is 6. The fourth-order valence-corrected chi connectivity index (χ4v) is 10.1. The summed E-state index contributed by atoms with van der Waals surface area (Å²) in [4.78, 5) is 0. The van der Waals surface area contributed by atoms with E-state index in [0.717, 1.165) is 49.9 Å². The topological polar surface area (TPSA) is 74.2 Å². The lowest BCUT2D eigenvalue weighted by Crippen LogP contribution is -2.21. The average Bonchev–Trinajstić information content (AvgIpc) is 3.32. The van der Waals surface area contributed by atoms with Crippen molar-refractivity contribution in [2.75, 3.05) is 19.8 Å². The van der Waals surface area contributed by atoms with Crippen LogP contribution < -0.4 is 4.52 Å². The molecule has 8 heteroatoms. The number of hydrogen-bond donors (Lipinski definition) is 1. The Morgan fingerprint density at radius 1 is 0.565 bits per heavy atom. The maximum absolute atomic E-state index is 9.40. The van der Waals surface area contributed by atoms with Gasteiger partial charge in [0.2, 0.25) is 0 Å². The molecule has 0 saturated carbocycles. The molecule has 0 amide bonds. The Hall–Kier alpha value is -2.85. The van der Waals surface area contributed by atoms with Crippen LogP contribution in [0.15, 0.2) is 67.6 Å². The van der Waals surface area contributed by atoms with Crippen LogP contribution in [0, 0.1) is 10.8 Å². The van der Waals surface area contributed by atoms with Crippen molar-refractivity contribution in [2.24, 2.45) is 10.8 Å². The summed E-state index contributed by atoms with van der Waals surface area (Å²) in [5.41, 5.74) is 12.3. The maximum Gasteiger partial charge on any atom is 0.453 e. The van der Waals surface area contributed by atoms with Crippen molar-refractivity contribution < 1.29 is 27.1 Å². The molecule has 0 saturated heterocycles. The highest BCUT2D eigenvalue weighted by Crippen LogP contribution is 2.52. The molecule has 0 fully saturated rings. The summed E-state index contributed by atoms with van der Waals surface area (Å²) in [6.07, 6.45) is 3.12. The first-order chi connectivity index (χ1) is 31.1. The fraction of sp³-hybridized carbons (Fsp3) is 0.639. The standard InChI is InChI=1S/C61H96O6P2/c1-38(54(3,4)5)31-47(58(15,16)17)43(27-29-63-68-64-30-28-62)39(2)44-32-40(55(6,7)8)35-48(59(18,19)20)51(44)65-69-66-52-45(33-41(56(9,10)11)36-49(52)60(21,22)23)46-34-42(57(12,13)14)37-50(53(46)67-69)61(24,25)26/h31-37,39,62,68H,27-30H2,1-26H3/b38-31+,47-43+. The predicted molar refractivity (Wildman–Crippen MR) is 301 cm³/mol. The van der Waals surface area contributed by atoms with Gasteiger partial charge in [-0.15, -0.1) is 0 Å². The van der Waals surface area contributed by atoms with Crippen molar-refractivity contribution >= 4 is 39.2 Å². The SMILES string of the molecule is C/C(=C\C(=C(\CCOPOCCO)C(C)c1cc(C(C)(C)C)cc(C(C)(C)C)c1Op1oc2c(C(C)(C)C)cc(C(C)(C)C)cc2c2cc(C(C)(C)C)cc(C(C)(C)C)c2o1)C(C)(C)C)C(C)(C)C. The highest BCUT2D eigenvalue weighted by molar-refractivity contribution is 7.32. The van der Waals surface area contributed by atoms with E-state index in [4.69, 9.17) is 22.0 Å². The van der Waals surface area contributed by atoms with Crippen LogP contribution in [-0.4, -0.2) is 24.9 Å². The van der Waals surface area contributed by atoms with E-state index in [9.17, 15) is 5.11 Å². The number of aliphatic hydroxyl groups is 1. The van der Waals surface area contributed by atoms with Crippen molar-refractivity contribution in [1.29, 1.82) is 0 Å². The Morgan fingerprint density at radius 2 is 0.971 bits per heavy atom. The van der Waals surface area contributed by atoms with Crippen LogP contribution in [0.25, 0.3) is 21.9 Å². The number of fused-ring (bicyclic) bond motifs is 3. The molecule has 0 aliphatic heterocycles. The lowest BCUT2D eigenvalue weighted by atomic mass is 9.73. The second-order valence-electron chi connectivity index (χ2n) is 28.0. The van der Waals surface area contributed by atoms with Crippen LogP contribution in [0.4, 0.5) is 0 Å². The molecule has 1 N–H and O–H groups in total. The molecule has 3 aromatic carbocycles. The van der Waals surface area contributed by atoms with Crippen molar-refractivity contribution in [3.8, 4) is 5.75 Å². The monoisotopic (exact) mass is 987 g/mol. The van der Waals surface area contributed by atoms with E-state index in [1.807, 2.05) is 0 Å². The van der Waals surface area contributed by atoms with E-state index < -0.39 is 8.24 Å². The minimum atomic E-state index is -2.09. The minimum Gasteiger partial charge on any atom is -0.394 e. The number of aliphatic hydroxyl groups excluding tert-OH is 1. The van der Waals surface area contributed by atoms with Gasteiger partial charge in [0.1, 0.15) is 16.9 Å². The zero-order valence-electron chi connectivity index (χ0n) is 48.4. The van der Waals surface area contributed by atoms with Crippen molar-refractivity contribution in [1.82, 2.24) is 0 Å². The molecule has 1 aromatic heterocycles. The average molecular weight is 987 g/mol. The smallest absolute Gasteiger partial charge is 0.394 e. The van der Waals surface area contributed by atoms with E-state index in [-0.39, 0.29) is 71.5 Å². The van der Waals surface area contributed by atoms with E-state index in [1.165, 1.54) is 33.4 Å². The predicted octanol–water partition coefficient (Wildman–Crippen LogP) is 19.3. The molecule has 386 valence electrons. The van der Waals surface area contributed by atoms with Gasteiger partial charge >= 0.3 is 8.24 Å². The Balaban J connectivity index is 2.35. The van der Waals surface area contributed by atoms with Gasteiger partial charge in [0, 0.05) is 38.9 Å². The summed E-state index contributed by atoms with van der Waals surface area (Å²) in [5, 5.41) is 11.5. The molecule has 2 atom stereocenters. The van der Waals surface area contributed by atoms with Gasteiger partial charge < -0.3 is 27.1 Å². The molecule has 1 heterocycles. The molecule has 6 nitrogen and oxygen atoms in total. The van der Waals surface area contributed by atoms with E-state index in [2.05, 4.69) is 222 Å². The van der Waals surface area contributed by atoms with Crippen LogP contribution in [0.2, 0.25) is 0 Å². The summed E-state index contributed by atoms with van der Waals surface area (Å²) in [6.45, 7) is 60.3. The first-order valence-electron chi connectivity index (χ1n) is 25.5. The van der Waals surface area contributed by atoms with Crippen molar-refractivity contribution in [3.63, 3.8) is 0 Å². The zero-order valence-corrected chi connectivity index (χ0v) is 50.3. The molecule has 4 aromatic rings. The lowest BCUT2D eigenvalue weighted by Gasteiger charge is -2.33. The summed E-state index contributed by atoms with van der Waals surface area (Å²) in [5.74, 6) is 0.704. The van der Waals surface area contributed by atoms with Crippen LogP contribution in [-0.2, 0) is 41.5 Å². The van der Waals surface area contributed by atoms with Crippen LogP contribution in [0.3, 0.4) is 0 Å². The third-order valence-electron chi connectivity index (χ3n) is 13.6. The van der Waals surface area contributed by atoms with Gasteiger partial charge in [-0.25, -0.2) is 0 Å². The normalized spacial score (nSPS) is 15.1. The Bertz CT molecular complexity index is 2450. The molecule has 69 heavy (non-hydrogen) atoms. The molecule has 0 aliphatic rings. The third kappa shape index (κ3) is 14.7. The Morgan fingerprint density at radius 3 is 1.35 bits per heavy atom. The van der Waals surface area contributed by atoms with Gasteiger partial charge in [0.25, 0.3) is 0 Å². The van der Waals surface area contributed by atoms with Crippen LogP contribution >= 0.6 is 17.3 Å². The largest absolute Gasteiger partial charge is 0.453 e. The third-order valence-corrected chi connectivity index (χ3v) is 15.2. The molecule has 4 rings (SSSR count). The second kappa shape index (κ2) is 20.9. The fourth-order valence-electron chi connectivity index (χ4n) is 8.51. The van der Waals surface area contributed by atoms with Gasteiger partial charge in [0.05, 0.1) is 19.8 Å². The zero-order chi connectivity index (χ0) is 52.8. The quantitative estimate of drug-likeness (QED) is 0.0866. The maximum atomic E-state index is 9.40.